The molecule has 2 amide bonds. The normalized spacial score (nSPS) is 16.4. The molecule has 1 aliphatic heterocycles. The van der Waals surface area contributed by atoms with Gasteiger partial charge in [0.1, 0.15) is 27.4 Å². The number of nitrogens with one attached hydrogen (secondary N) is 2. The van der Waals surface area contributed by atoms with E-state index in [1.807, 2.05) is 0 Å². The second-order valence-corrected chi connectivity index (χ2v) is 11.1. The number of sulfone groups is 1. The van der Waals surface area contributed by atoms with E-state index < -0.39 is 38.8 Å². The van der Waals surface area contributed by atoms with Crippen molar-refractivity contribution in [1.29, 1.82) is 5.26 Å². The fraction of sp³-hybridized carbons (Fsp3) is 0.391. The average molecular weight is 489 g/mol. The summed E-state index contributed by atoms with van der Waals surface area (Å²) in [5.41, 5.74) is 0.0461. The monoisotopic (exact) mass is 488 g/mol. The lowest BCUT2D eigenvalue weighted by molar-refractivity contribution is -0.118. The first-order valence-electron chi connectivity index (χ1n) is 10.5. The second-order valence-electron chi connectivity index (χ2n) is 8.75. The van der Waals surface area contributed by atoms with E-state index in [0.29, 0.717) is 5.69 Å². The minimum atomic E-state index is -3.14. The maximum Gasteiger partial charge on any atom is 0.292 e. The van der Waals surface area contributed by atoms with Gasteiger partial charge < -0.3 is 15.2 Å². The molecule has 0 saturated carbocycles. The molecule has 2 N–H and O–H groups in total. The van der Waals surface area contributed by atoms with Crippen LogP contribution in [-0.2, 0) is 21.7 Å². The first-order valence-corrected chi connectivity index (χ1v) is 12.3. The summed E-state index contributed by atoms with van der Waals surface area (Å²) in [6.07, 6.45) is 0.411. The SMILES string of the molecule is Cc1c(C(=O)C(=O)NC2(C)CCS(=O)(=O)CC2)c(C)n(C)c1C(=O)Nc1ccc(F)c(C#N)c1. The van der Waals surface area contributed by atoms with Crippen LogP contribution in [0.25, 0.3) is 0 Å². The number of Topliss-reactive ketones (excluding diaryl/α,β-unsaturated/α-hetero) is 1. The third-order valence-electron chi connectivity index (χ3n) is 6.27. The zero-order valence-electron chi connectivity index (χ0n) is 19.3. The number of ketones is 1. The zero-order valence-corrected chi connectivity index (χ0v) is 20.1. The van der Waals surface area contributed by atoms with E-state index in [0.717, 1.165) is 6.07 Å². The summed E-state index contributed by atoms with van der Waals surface area (Å²) < 4.78 is 38.5. The molecule has 0 unspecified atom stereocenters. The van der Waals surface area contributed by atoms with Gasteiger partial charge in [0.25, 0.3) is 17.6 Å². The highest BCUT2D eigenvalue weighted by atomic mass is 32.2. The molecule has 0 spiro atoms. The van der Waals surface area contributed by atoms with Crippen LogP contribution in [0.5, 0.6) is 0 Å². The molecule has 2 heterocycles. The Balaban J connectivity index is 1.84. The standard InChI is InChI=1S/C23H25FN4O5S/c1-13-18(20(29)22(31)27-23(3)7-9-34(32,33)10-8-23)14(2)28(4)19(13)21(30)26-16-5-6-17(24)15(11-16)12-25/h5-6,11H,7-10H2,1-4H3,(H,26,30)(H,27,31). The number of nitriles is 1. The number of rotatable bonds is 5. The van der Waals surface area contributed by atoms with E-state index in [9.17, 15) is 27.2 Å². The van der Waals surface area contributed by atoms with Crippen LogP contribution in [0.3, 0.4) is 0 Å². The van der Waals surface area contributed by atoms with Crippen molar-refractivity contribution in [2.75, 3.05) is 16.8 Å². The molecule has 0 atom stereocenters. The Morgan fingerprint density at radius 1 is 1.18 bits per heavy atom. The smallest absolute Gasteiger partial charge is 0.292 e. The quantitative estimate of drug-likeness (QED) is 0.489. The molecule has 0 radical (unpaired) electrons. The van der Waals surface area contributed by atoms with Crippen LogP contribution in [0.2, 0.25) is 0 Å². The van der Waals surface area contributed by atoms with Crippen molar-refractivity contribution in [2.45, 2.75) is 39.2 Å². The highest BCUT2D eigenvalue weighted by Gasteiger charge is 2.37. The molecule has 0 aliphatic carbocycles. The van der Waals surface area contributed by atoms with Gasteiger partial charge in [-0.25, -0.2) is 12.8 Å². The number of carbonyl (C=O) groups excluding carboxylic acids is 3. The van der Waals surface area contributed by atoms with E-state index in [1.165, 1.54) is 16.7 Å². The van der Waals surface area contributed by atoms with E-state index >= 15 is 0 Å². The maximum absolute atomic E-state index is 13.6. The van der Waals surface area contributed by atoms with Crippen LogP contribution in [0.15, 0.2) is 18.2 Å². The van der Waals surface area contributed by atoms with Crippen LogP contribution in [0, 0.1) is 31.0 Å². The number of hydrogen-bond donors (Lipinski definition) is 2. The minimum absolute atomic E-state index is 0.0669. The van der Waals surface area contributed by atoms with Gasteiger partial charge in [-0.05, 0) is 57.4 Å². The summed E-state index contributed by atoms with van der Waals surface area (Å²) in [7, 11) is -1.57. The van der Waals surface area contributed by atoms with Crippen LogP contribution < -0.4 is 10.6 Å². The number of aromatic nitrogens is 1. The van der Waals surface area contributed by atoms with Gasteiger partial charge in [-0.3, -0.25) is 14.4 Å². The largest absolute Gasteiger partial charge is 0.344 e. The molecule has 180 valence electrons. The van der Waals surface area contributed by atoms with E-state index in [-0.39, 0.29) is 52.4 Å². The Labute approximate surface area is 196 Å². The summed E-state index contributed by atoms with van der Waals surface area (Å²) in [6, 6.07) is 5.27. The van der Waals surface area contributed by atoms with Gasteiger partial charge in [0.2, 0.25) is 0 Å². The maximum atomic E-state index is 13.6. The average Bonchev–Trinajstić information content (AvgIpc) is 2.99. The number of benzene rings is 1. The zero-order chi connectivity index (χ0) is 25.4. The van der Waals surface area contributed by atoms with Crippen LogP contribution in [0.1, 0.15) is 57.4 Å². The fourth-order valence-corrected chi connectivity index (χ4v) is 5.80. The number of carbonyl (C=O) groups is 3. The lowest BCUT2D eigenvalue weighted by Crippen LogP contribution is -2.52. The molecule has 0 bridgehead atoms. The Kier molecular flexibility index (Phi) is 6.66. The molecule has 1 fully saturated rings. The summed E-state index contributed by atoms with van der Waals surface area (Å²) in [5, 5.41) is 14.2. The molecule has 2 aromatic rings. The van der Waals surface area contributed by atoms with Gasteiger partial charge in [0, 0.05) is 24.0 Å². The van der Waals surface area contributed by atoms with Crippen molar-refractivity contribution in [3.63, 3.8) is 0 Å². The second kappa shape index (κ2) is 9.02. The predicted molar refractivity (Wildman–Crippen MR) is 123 cm³/mol. The molecule has 1 aromatic carbocycles. The van der Waals surface area contributed by atoms with Gasteiger partial charge in [-0.2, -0.15) is 5.26 Å². The van der Waals surface area contributed by atoms with E-state index in [4.69, 9.17) is 5.26 Å². The molecule has 1 aliphatic rings. The van der Waals surface area contributed by atoms with Gasteiger partial charge in [-0.15, -0.1) is 0 Å². The topological polar surface area (TPSA) is 138 Å². The Morgan fingerprint density at radius 3 is 2.38 bits per heavy atom. The molecule has 1 saturated heterocycles. The van der Waals surface area contributed by atoms with Crippen molar-refractivity contribution in [2.24, 2.45) is 7.05 Å². The highest BCUT2D eigenvalue weighted by Crippen LogP contribution is 2.26. The highest BCUT2D eigenvalue weighted by molar-refractivity contribution is 7.91. The van der Waals surface area contributed by atoms with Gasteiger partial charge in [0.05, 0.1) is 22.6 Å². The Bertz CT molecular complexity index is 1340. The van der Waals surface area contributed by atoms with Crippen LogP contribution in [0.4, 0.5) is 10.1 Å². The third kappa shape index (κ3) is 4.87. The number of halogens is 1. The summed E-state index contributed by atoms with van der Waals surface area (Å²) >= 11 is 0. The summed E-state index contributed by atoms with van der Waals surface area (Å²) in [5.74, 6) is -3.14. The third-order valence-corrected chi connectivity index (χ3v) is 7.92. The molecule has 3 rings (SSSR count). The lowest BCUT2D eigenvalue weighted by atomic mass is 9.94. The summed E-state index contributed by atoms with van der Waals surface area (Å²) in [6.45, 7) is 4.85. The number of nitrogens with zero attached hydrogens (tertiary/aromatic N) is 2. The Morgan fingerprint density at radius 2 is 1.79 bits per heavy atom. The molecular formula is C23H25FN4O5S. The Hall–Kier alpha value is -3.52. The molecule has 9 nitrogen and oxygen atoms in total. The first-order chi connectivity index (χ1) is 15.8. The summed E-state index contributed by atoms with van der Waals surface area (Å²) in [4.78, 5) is 38.8. The number of hydrogen-bond acceptors (Lipinski definition) is 6. The van der Waals surface area contributed by atoms with Gasteiger partial charge in [-0.1, -0.05) is 0 Å². The van der Waals surface area contributed by atoms with Crippen LogP contribution >= 0.6 is 0 Å². The fourth-order valence-electron chi connectivity index (χ4n) is 4.07. The van der Waals surface area contributed by atoms with E-state index in [2.05, 4.69) is 10.6 Å². The van der Waals surface area contributed by atoms with E-state index in [1.54, 1.807) is 33.9 Å². The molecular weight excluding hydrogens is 463 g/mol. The van der Waals surface area contributed by atoms with Crippen molar-refractivity contribution >= 4 is 33.1 Å². The van der Waals surface area contributed by atoms with Gasteiger partial charge in [0.15, 0.2) is 0 Å². The number of amides is 2. The van der Waals surface area contributed by atoms with Crippen molar-refractivity contribution in [1.82, 2.24) is 9.88 Å². The predicted octanol–water partition coefficient (Wildman–Crippen LogP) is 2.17. The molecule has 1 aromatic heterocycles. The molecule has 11 heteroatoms. The first kappa shape index (κ1) is 25.1. The van der Waals surface area contributed by atoms with Crippen molar-refractivity contribution in [3.05, 3.63) is 52.1 Å². The van der Waals surface area contributed by atoms with Crippen LogP contribution in [-0.4, -0.2) is 47.6 Å². The van der Waals surface area contributed by atoms with Crippen molar-refractivity contribution < 1.29 is 27.2 Å². The molecule has 34 heavy (non-hydrogen) atoms. The number of anilines is 1. The minimum Gasteiger partial charge on any atom is -0.344 e. The van der Waals surface area contributed by atoms with Crippen molar-refractivity contribution in [3.8, 4) is 6.07 Å². The lowest BCUT2D eigenvalue weighted by Gasteiger charge is -2.34. The van der Waals surface area contributed by atoms with Gasteiger partial charge >= 0.3 is 0 Å².